The molecule has 3 unspecified atom stereocenters. The van der Waals surface area contributed by atoms with Crippen LogP contribution in [0.4, 0.5) is 0 Å². The van der Waals surface area contributed by atoms with Crippen molar-refractivity contribution in [2.24, 2.45) is 5.73 Å². The number of ketones is 1. The Bertz CT molecular complexity index is 355. The third-order valence-electron chi connectivity index (χ3n) is 2.68. The summed E-state index contributed by atoms with van der Waals surface area (Å²) >= 11 is 1.48. The second-order valence-electron chi connectivity index (χ2n) is 3.65. The van der Waals surface area contributed by atoms with Crippen LogP contribution in [-0.4, -0.2) is 45.5 Å². The molecule has 1 saturated heterocycles. The zero-order valence-electron chi connectivity index (χ0n) is 8.21. The lowest BCUT2D eigenvalue weighted by molar-refractivity contribution is -0.125. The lowest BCUT2D eigenvalue weighted by atomic mass is 10.0. The molecule has 2 heterocycles. The van der Waals surface area contributed by atoms with Crippen LogP contribution in [0.25, 0.3) is 0 Å². The summed E-state index contributed by atoms with van der Waals surface area (Å²) in [5.74, 6) is 0.286. The van der Waals surface area contributed by atoms with E-state index in [1.807, 2.05) is 0 Å². The molecule has 0 saturated carbocycles. The molecular formula is C9H12N2O3S. The van der Waals surface area contributed by atoms with Gasteiger partial charge in [0, 0.05) is 18.2 Å². The molecule has 0 spiro atoms. The monoisotopic (exact) mass is 228 g/mol. The predicted molar refractivity (Wildman–Crippen MR) is 55.8 cm³/mol. The van der Waals surface area contributed by atoms with E-state index in [2.05, 4.69) is 0 Å². The van der Waals surface area contributed by atoms with Gasteiger partial charge in [-0.1, -0.05) is 0 Å². The fraction of sp³-hybridized carbons (Fsp3) is 0.556. The van der Waals surface area contributed by atoms with Crippen molar-refractivity contribution in [2.75, 3.05) is 5.75 Å². The van der Waals surface area contributed by atoms with Crippen molar-refractivity contribution in [1.82, 2.24) is 4.90 Å². The van der Waals surface area contributed by atoms with E-state index in [4.69, 9.17) is 5.73 Å². The van der Waals surface area contributed by atoms with Crippen molar-refractivity contribution >= 4 is 23.8 Å². The van der Waals surface area contributed by atoms with Crippen LogP contribution in [0.15, 0.2) is 11.3 Å². The van der Waals surface area contributed by atoms with E-state index in [1.165, 1.54) is 23.6 Å². The minimum Gasteiger partial charge on any atom is -0.372 e. The summed E-state index contributed by atoms with van der Waals surface area (Å²) in [6.45, 7) is 1.39. The number of Topliss-reactive ketones (excluding diaryl/α,β-unsaturated/α-hetero) is 1. The van der Waals surface area contributed by atoms with Gasteiger partial charge in [-0.05, 0) is 0 Å². The van der Waals surface area contributed by atoms with Gasteiger partial charge in [0.25, 0.3) is 0 Å². The van der Waals surface area contributed by atoms with E-state index in [0.29, 0.717) is 23.3 Å². The smallest absolute Gasteiger partial charge is 0.176 e. The quantitative estimate of drug-likeness (QED) is 0.594. The van der Waals surface area contributed by atoms with E-state index in [1.54, 1.807) is 0 Å². The van der Waals surface area contributed by atoms with Crippen molar-refractivity contribution in [1.29, 1.82) is 0 Å². The molecule has 6 heteroatoms. The third kappa shape index (κ3) is 1.40. The Hall–Kier alpha value is -0.850. The lowest BCUT2D eigenvalue weighted by Crippen LogP contribution is -2.71. The average Bonchev–Trinajstić information content (AvgIpc) is 2.25. The first-order chi connectivity index (χ1) is 7.07. The molecule has 0 amide bonds. The Labute approximate surface area is 91.3 Å². The number of rotatable bonds is 2. The van der Waals surface area contributed by atoms with Crippen molar-refractivity contribution in [3.8, 4) is 0 Å². The Morgan fingerprint density at radius 2 is 2.40 bits per heavy atom. The Morgan fingerprint density at radius 3 is 2.93 bits per heavy atom. The summed E-state index contributed by atoms with van der Waals surface area (Å²) in [6.07, 6.45) is -0.173. The van der Waals surface area contributed by atoms with Gasteiger partial charge in [0.05, 0.1) is 17.1 Å². The number of nitrogens with two attached hydrogens (primary N) is 1. The minimum atomic E-state index is -0.850. The lowest BCUT2D eigenvalue weighted by Gasteiger charge is -2.54. The highest BCUT2D eigenvalue weighted by atomic mass is 32.2. The zero-order valence-corrected chi connectivity index (χ0v) is 9.03. The van der Waals surface area contributed by atoms with Crippen LogP contribution in [0.2, 0.25) is 0 Å². The first kappa shape index (κ1) is 10.7. The number of aliphatic hydroxyl groups excluding tert-OH is 1. The summed E-state index contributed by atoms with van der Waals surface area (Å²) in [7, 11) is 0. The number of fused-ring (bicyclic) bond motifs is 1. The molecule has 5 nitrogen and oxygen atoms in total. The summed E-state index contributed by atoms with van der Waals surface area (Å²) < 4.78 is 0. The number of hydrogen-bond acceptors (Lipinski definition) is 6. The molecular weight excluding hydrogens is 216 g/mol. The molecule has 2 rings (SSSR count). The molecule has 3 N–H and O–H groups in total. The highest BCUT2D eigenvalue weighted by molar-refractivity contribution is 8.00. The molecule has 15 heavy (non-hydrogen) atoms. The third-order valence-corrected chi connectivity index (χ3v) is 4.04. The van der Waals surface area contributed by atoms with Crippen molar-refractivity contribution < 1.29 is 14.7 Å². The van der Waals surface area contributed by atoms with Gasteiger partial charge >= 0.3 is 0 Å². The summed E-state index contributed by atoms with van der Waals surface area (Å²) in [4.78, 5) is 23.7. The highest BCUT2D eigenvalue weighted by Gasteiger charge is 2.50. The van der Waals surface area contributed by atoms with Gasteiger partial charge in [-0.2, -0.15) is 0 Å². The minimum absolute atomic E-state index is 0.0809. The molecule has 0 aliphatic carbocycles. The fourth-order valence-corrected chi connectivity index (χ4v) is 3.23. The van der Waals surface area contributed by atoms with Crippen LogP contribution in [0.1, 0.15) is 6.92 Å². The topological polar surface area (TPSA) is 83.6 Å². The Kier molecular flexibility index (Phi) is 2.57. The van der Waals surface area contributed by atoms with Gasteiger partial charge in [-0.3, -0.25) is 9.59 Å². The number of nitrogens with zero attached hydrogens (tertiary/aromatic N) is 1. The van der Waals surface area contributed by atoms with Crippen LogP contribution in [0.3, 0.4) is 0 Å². The van der Waals surface area contributed by atoms with Gasteiger partial charge in [-0.25, -0.2) is 0 Å². The second kappa shape index (κ2) is 3.62. The maximum absolute atomic E-state index is 11.4. The molecule has 0 aromatic rings. The van der Waals surface area contributed by atoms with Crippen molar-refractivity contribution in [2.45, 2.75) is 24.6 Å². The molecule has 0 aromatic carbocycles. The van der Waals surface area contributed by atoms with Crippen LogP contribution in [0.5, 0.6) is 0 Å². The van der Waals surface area contributed by atoms with Gasteiger partial charge < -0.3 is 15.7 Å². The Morgan fingerprint density at radius 1 is 1.73 bits per heavy atom. The normalized spacial score (nSPS) is 34.6. The summed E-state index contributed by atoms with van der Waals surface area (Å²) in [5, 5.41) is 9.55. The van der Waals surface area contributed by atoms with Gasteiger partial charge in [-0.15, -0.1) is 11.8 Å². The number of hydrogen-bond donors (Lipinski definition) is 2. The van der Waals surface area contributed by atoms with E-state index < -0.39 is 6.23 Å². The van der Waals surface area contributed by atoms with Crippen LogP contribution in [-0.2, 0) is 9.59 Å². The van der Waals surface area contributed by atoms with Crippen molar-refractivity contribution in [3.05, 3.63) is 11.3 Å². The van der Waals surface area contributed by atoms with Crippen LogP contribution < -0.4 is 5.73 Å². The first-order valence-electron chi connectivity index (χ1n) is 4.60. The molecule has 2 aliphatic heterocycles. The molecule has 2 aliphatic rings. The number of allylic oxidation sites excluding steroid dienone is 1. The Balaban J connectivity index is 2.38. The highest BCUT2D eigenvalue weighted by Crippen LogP contribution is 2.41. The SMILES string of the molecule is CC(=O)C1=C(C=O)CSC2C(N)C(O)N12. The summed E-state index contributed by atoms with van der Waals surface area (Å²) in [6, 6.07) is -0.349. The molecule has 82 valence electrons. The van der Waals surface area contributed by atoms with E-state index in [9.17, 15) is 14.7 Å². The van der Waals surface area contributed by atoms with E-state index in [0.717, 1.165) is 0 Å². The largest absolute Gasteiger partial charge is 0.372 e. The number of thioether (sulfide) groups is 1. The molecule has 0 aromatic heterocycles. The van der Waals surface area contributed by atoms with Crippen LogP contribution in [0, 0.1) is 0 Å². The number of carbonyl (C=O) groups excluding carboxylic acids is 2. The van der Waals surface area contributed by atoms with Crippen molar-refractivity contribution in [3.63, 3.8) is 0 Å². The van der Waals surface area contributed by atoms with Gasteiger partial charge in [0.2, 0.25) is 0 Å². The average molecular weight is 228 g/mol. The second-order valence-corrected chi connectivity index (χ2v) is 4.75. The zero-order chi connectivity index (χ0) is 11.2. The molecule has 1 fully saturated rings. The van der Waals surface area contributed by atoms with Gasteiger partial charge in [0.15, 0.2) is 5.78 Å². The number of aliphatic hydroxyl groups is 1. The molecule has 3 atom stereocenters. The first-order valence-corrected chi connectivity index (χ1v) is 5.65. The fourth-order valence-electron chi connectivity index (χ4n) is 1.93. The predicted octanol–water partition coefficient (Wildman–Crippen LogP) is -0.937. The molecule has 0 bridgehead atoms. The maximum atomic E-state index is 11.4. The van der Waals surface area contributed by atoms with Gasteiger partial charge in [0.1, 0.15) is 12.5 Å². The molecule has 0 radical (unpaired) electrons. The maximum Gasteiger partial charge on any atom is 0.176 e. The van der Waals surface area contributed by atoms with E-state index >= 15 is 0 Å². The summed E-state index contributed by atoms with van der Waals surface area (Å²) in [5.41, 5.74) is 6.45. The standard InChI is InChI=1S/C9H12N2O3S/c1-4(13)7-5(2-12)3-15-9-6(10)8(14)11(7)9/h2,6,8-9,14H,3,10H2,1H3. The number of aldehydes is 1. The van der Waals surface area contributed by atoms with Crippen LogP contribution >= 0.6 is 11.8 Å². The number of carbonyl (C=O) groups is 2. The van der Waals surface area contributed by atoms with E-state index in [-0.39, 0.29) is 17.2 Å².